The van der Waals surface area contributed by atoms with E-state index in [1.54, 1.807) is 18.3 Å². The highest BCUT2D eigenvalue weighted by Crippen LogP contribution is 2.17. The maximum Gasteiger partial charge on any atom is 0.277 e. The molecule has 1 amide bonds. The number of benzene rings is 2. The zero-order valence-electron chi connectivity index (χ0n) is 14.1. The summed E-state index contributed by atoms with van der Waals surface area (Å²) in [6.45, 7) is 2.71. The first kappa shape index (κ1) is 19.0. The van der Waals surface area contributed by atoms with Gasteiger partial charge >= 0.3 is 0 Å². The smallest absolute Gasteiger partial charge is 0.277 e. The molecule has 25 heavy (non-hydrogen) atoms. The van der Waals surface area contributed by atoms with E-state index in [1.807, 2.05) is 36.4 Å². The first-order chi connectivity index (χ1) is 12.2. The summed E-state index contributed by atoms with van der Waals surface area (Å²) < 4.78 is 11.9. The van der Waals surface area contributed by atoms with Crippen molar-refractivity contribution in [1.29, 1.82) is 0 Å². The monoisotopic (exact) mass is 404 g/mol. The van der Waals surface area contributed by atoms with Gasteiger partial charge < -0.3 is 9.47 Å². The Bertz CT molecular complexity index is 702. The minimum absolute atomic E-state index is 0.108. The molecule has 0 unspecified atom stereocenters. The van der Waals surface area contributed by atoms with Crippen molar-refractivity contribution in [3.8, 4) is 11.5 Å². The number of hydrogen-bond acceptors (Lipinski definition) is 4. The van der Waals surface area contributed by atoms with E-state index in [0.717, 1.165) is 28.6 Å². The molecule has 2 aromatic rings. The fraction of sp³-hybridized carbons (Fsp3) is 0.263. The molecule has 132 valence electrons. The Balaban J connectivity index is 1.73. The van der Waals surface area contributed by atoms with Crippen LogP contribution in [0.25, 0.3) is 0 Å². The van der Waals surface area contributed by atoms with Crippen LogP contribution in [0.1, 0.15) is 25.3 Å². The Kier molecular flexibility index (Phi) is 7.98. The van der Waals surface area contributed by atoms with Gasteiger partial charge in [0.25, 0.3) is 5.91 Å². The highest BCUT2D eigenvalue weighted by atomic mass is 79.9. The van der Waals surface area contributed by atoms with E-state index in [4.69, 9.17) is 9.47 Å². The molecular formula is C19H21BrN2O3. The van der Waals surface area contributed by atoms with Crippen molar-refractivity contribution in [1.82, 2.24) is 5.43 Å². The molecule has 0 spiro atoms. The number of unbranched alkanes of at least 4 members (excludes halogenated alkanes) is 1. The van der Waals surface area contributed by atoms with Crippen LogP contribution in [0.3, 0.4) is 0 Å². The largest absolute Gasteiger partial charge is 0.494 e. The van der Waals surface area contributed by atoms with Crippen molar-refractivity contribution >= 4 is 28.1 Å². The van der Waals surface area contributed by atoms with Gasteiger partial charge in [-0.05, 0) is 36.8 Å². The molecule has 0 atom stereocenters. The molecular weight excluding hydrogens is 384 g/mol. The number of hydrogen-bond donors (Lipinski definition) is 1. The summed E-state index contributed by atoms with van der Waals surface area (Å²) in [5.74, 6) is 1.07. The van der Waals surface area contributed by atoms with Crippen molar-refractivity contribution in [2.24, 2.45) is 5.10 Å². The topological polar surface area (TPSA) is 59.9 Å². The number of hydrazone groups is 1. The van der Waals surface area contributed by atoms with Crippen molar-refractivity contribution in [2.45, 2.75) is 19.8 Å². The van der Waals surface area contributed by atoms with Crippen LogP contribution >= 0.6 is 15.9 Å². The average Bonchev–Trinajstić information content (AvgIpc) is 2.63. The van der Waals surface area contributed by atoms with Gasteiger partial charge in [0.2, 0.25) is 0 Å². The van der Waals surface area contributed by atoms with Crippen LogP contribution < -0.4 is 14.9 Å². The van der Waals surface area contributed by atoms with E-state index in [1.165, 1.54) is 0 Å². The molecule has 2 rings (SSSR count). The predicted octanol–water partition coefficient (Wildman–Crippen LogP) is 4.16. The average molecular weight is 405 g/mol. The lowest BCUT2D eigenvalue weighted by Crippen LogP contribution is -2.24. The Morgan fingerprint density at radius 2 is 1.80 bits per heavy atom. The van der Waals surface area contributed by atoms with Gasteiger partial charge in [0.15, 0.2) is 6.61 Å². The van der Waals surface area contributed by atoms with Crippen LogP contribution in [0, 0.1) is 0 Å². The Hall–Kier alpha value is -2.34. The number of halogens is 1. The first-order valence-electron chi connectivity index (χ1n) is 8.11. The van der Waals surface area contributed by atoms with Gasteiger partial charge in [0.05, 0.1) is 12.8 Å². The molecule has 0 aromatic heterocycles. The highest BCUT2D eigenvalue weighted by Gasteiger charge is 2.02. The standard InChI is InChI=1S/C19H21BrN2O3/c1-2-3-12-24-16-8-10-17(11-9-16)25-14-19(23)22-21-13-15-6-4-5-7-18(15)20/h4-11,13H,2-3,12,14H2,1H3,(H,22,23)/b21-13+. The van der Waals surface area contributed by atoms with Crippen molar-refractivity contribution in [2.75, 3.05) is 13.2 Å². The number of amides is 1. The van der Waals surface area contributed by atoms with Gasteiger partial charge in [0, 0.05) is 10.0 Å². The summed E-state index contributed by atoms with van der Waals surface area (Å²) in [7, 11) is 0. The van der Waals surface area contributed by atoms with E-state index >= 15 is 0 Å². The van der Waals surface area contributed by atoms with E-state index in [9.17, 15) is 4.79 Å². The second kappa shape index (κ2) is 10.5. The van der Waals surface area contributed by atoms with Crippen LogP contribution in [0.5, 0.6) is 11.5 Å². The Morgan fingerprint density at radius 3 is 2.48 bits per heavy atom. The number of nitrogens with zero attached hydrogens (tertiary/aromatic N) is 1. The Morgan fingerprint density at radius 1 is 1.12 bits per heavy atom. The summed E-state index contributed by atoms with van der Waals surface area (Å²) in [5, 5.41) is 3.92. The molecule has 0 heterocycles. The predicted molar refractivity (Wildman–Crippen MR) is 102 cm³/mol. The molecule has 0 bridgehead atoms. The minimum Gasteiger partial charge on any atom is -0.494 e. The number of ether oxygens (including phenoxy) is 2. The van der Waals surface area contributed by atoms with Gasteiger partial charge in [-0.25, -0.2) is 5.43 Å². The molecule has 0 fully saturated rings. The Labute approximate surface area is 156 Å². The molecule has 6 heteroatoms. The van der Waals surface area contributed by atoms with Crippen LogP contribution in [-0.2, 0) is 4.79 Å². The lowest BCUT2D eigenvalue weighted by molar-refractivity contribution is -0.123. The molecule has 0 aliphatic heterocycles. The molecule has 2 aromatic carbocycles. The molecule has 1 N–H and O–H groups in total. The van der Waals surface area contributed by atoms with Gasteiger partial charge in [-0.1, -0.05) is 47.5 Å². The second-order valence-electron chi connectivity index (χ2n) is 5.28. The van der Waals surface area contributed by atoms with Crippen molar-refractivity contribution < 1.29 is 14.3 Å². The number of carbonyl (C=O) groups is 1. The number of rotatable bonds is 9. The van der Waals surface area contributed by atoms with E-state index in [-0.39, 0.29) is 12.5 Å². The maximum atomic E-state index is 11.7. The zero-order valence-corrected chi connectivity index (χ0v) is 15.7. The van der Waals surface area contributed by atoms with Gasteiger partial charge in [0.1, 0.15) is 11.5 Å². The minimum atomic E-state index is -0.327. The van der Waals surface area contributed by atoms with Gasteiger partial charge in [-0.15, -0.1) is 0 Å². The fourth-order valence-corrected chi connectivity index (χ4v) is 2.29. The molecule has 0 aliphatic rings. The third-order valence-electron chi connectivity index (χ3n) is 3.26. The molecule has 0 aliphatic carbocycles. The third-order valence-corrected chi connectivity index (χ3v) is 3.98. The summed E-state index contributed by atoms with van der Waals surface area (Å²) in [5.41, 5.74) is 3.31. The van der Waals surface area contributed by atoms with Crippen molar-refractivity contribution in [3.63, 3.8) is 0 Å². The first-order valence-corrected chi connectivity index (χ1v) is 8.90. The number of nitrogens with one attached hydrogen (secondary N) is 1. The summed E-state index contributed by atoms with van der Waals surface area (Å²) in [6, 6.07) is 14.8. The SMILES string of the molecule is CCCCOc1ccc(OCC(=O)N/N=C/c2ccccc2Br)cc1. The van der Waals surface area contributed by atoms with Gasteiger partial charge in [-0.3, -0.25) is 4.79 Å². The normalized spacial score (nSPS) is 10.6. The maximum absolute atomic E-state index is 11.7. The molecule has 0 saturated heterocycles. The zero-order chi connectivity index (χ0) is 17.9. The van der Waals surface area contributed by atoms with Gasteiger partial charge in [-0.2, -0.15) is 5.10 Å². The quantitative estimate of drug-likeness (QED) is 0.387. The van der Waals surface area contributed by atoms with Crippen LogP contribution in [0.2, 0.25) is 0 Å². The third kappa shape index (κ3) is 6.97. The summed E-state index contributed by atoms with van der Waals surface area (Å²) >= 11 is 3.41. The molecule has 5 nitrogen and oxygen atoms in total. The van der Waals surface area contributed by atoms with Crippen molar-refractivity contribution in [3.05, 3.63) is 58.6 Å². The van der Waals surface area contributed by atoms with E-state index < -0.39 is 0 Å². The van der Waals surface area contributed by atoms with E-state index in [0.29, 0.717) is 12.4 Å². The lowest BCUT2D eigenvalue weighted by atomic mass is 10.2. The van der Waals surface area contributed by atoms with Crippen LogP contribution in [0.15, 0.2) is 58.1 Å². The summed E-state index contributed by atoms with van der Waals surface area (Å²) in [6.07, 6.45) is 3.70. The highest BCUT2D eigenvalue weighted by molar-refractivity contribution is 9.10. The fourth-order valence-electron chi connectivity index (χ4n) is 1.90. The van der Waals surface area contributed by atoms with E-state index in [2.05, 4.69) is 33.4 Å². The number of carbonyl (C=O) groups excluding carboxylic acids is 1. The van der Waals surface area contributed by atoms with Crippen LogP contribution in [0.4, 0.5) is 0 Å². The summed E-state index contributed by atoms with van der Waals surface area (Å²) in [4.78, 5) is 11.7. The lowest BCUT2D eigenvalue weighted by Gasteiger charge is -2.07. The molecule has 0 radical (unpaired) electrons. The molecule has 0 saturated carbocycles. The second-order valence-corrected chi connectivity index (χ2v) is 6.13. The van der Waals surface area contributed by atoms with Crippen LogP contribution in [-0.4, -0.2) is 25.3 Å².